The Morgan fingerprint density at radius 2 is 1.93 bits per heavy atom. The number of hydrogen-bond donors (Lipinski definition) is 0. The first-order chi connectivity index (χ1) is 6.86. The van der Waals surface area contributed by atoms with E-state index in [-0.39, 0.29) is 0 Å². The minimum absolute atomic E-state index is 1.02. The maximum absolute atomic E-state index is 4.31. The molecule has 0 N–H and O–H groups in total. The Kier molecular flexibility index (Phi) is 1.36. The molecule has 0 saturated carbocycles. The van der Waals surface area contributed by atoms with E-state index in [0.717, 1.165) is 21.9 Å². The highest BCUT2D eigenvalue weighted by Crippen LogP contribution is 2.21. The Hall–Kier alpha value is -1.90. The van der Waals surface area contributed by atoms with Crippen LogP contribution in [0.25, 0.3) is 21.9 Å². The molecule has 0 aliphatic rings. The maximum Gasteiger partial charge on any atom is 0.0955 e. The molecular formula is C11H9N3. The van der Waals surface area contributed by atoms with Gasteiger partial charge < -0.3 is 4.57 Å². The van der Waals surface area contributed by atoms with Crippen LogP contribution < -0.4 is 0 Å². The van der Waals surface area contributed by atoms with E-state index < -0.39 is 0 Å². The standard InChI is InChI=1S/C11H9N3/c1-14-7-13-10-5-4-9-8(11(10)14)3-2-6-12-9/h2-7H,1H3. The Bertz CT molecular complexity index is 610. The van der Waals surface area contributed by atoms with E-state index in [9.17, 15) is 0 Å². The number of imidazole rings is 1. The summed E-state index contributed by atoms with van der Waals surface area (Å²) in [6.07, 6.45) is 3.64. The van der Waals surface area contributed by atoms with E-state index >= 15 is 0 Å². The van der Waals surface area contributed by atoms with Crippen molar-refractivity contribution in [3.8, 4) is 0 Å². The highest BCUT2D eigenvalue weighted by Gasteiger charge is 2.04. The van der Waals surface area contributed by atoms with Crippen LogP contribution in [-0.4, -0.2) is 14.5 Å². The lowest BCUT2D eigenvalue weighted by Gasteiger charge is -1.99. The molecule has 2 heterocycles. The van der Waals surface area contributed by atoms with Crippen LogP contribution in [0.2, 0.25) is 0 Å². The number of benzene rings is 1. The van der Waals surface area contributed by atoms with Crippen molar-refractivity contribution >= 4 is 21.9 Å². The molecule has 0 aliphatic heterocycles. The first kappa shape index (κ1) is 7.50. The van der Waals surface area contributed by atoms with E-state index in [1.165, 1.54) is 0 Å². The first-order valence-electron chi connectivity index (χ1n) is 4.51. The predicted molar refractivity (Wildman–Crippen MR) is 56.0 cm³/mol. The molecule has 2 aromatic heterocycles. The Morgan fingerprint density at radius 1 is 1.07 bits per heavy atom. The van der Waals surface area contributed by atoms with E-state index in [2.05, 4.69) is 16.0 Å². The fourth-order valence-electron chi connectivity index (χ4n) is 1.81. The molecule has 3 aromatic rings. The molecule has 3 heteroatoms. The maximum atomic E-state index is 4.31. The van der Waals surface area contributed by atoms with Gasteiger partial charge in [-0.3, -0.25) is 4.98 Å². The second kappa shape index (κ2) is 2.54. The SMILES string of the molecule is Cn1cnc2ccc3ncccc3c21. The number of aromatic nitrogens is 3. The summed E-state index contributed by atoms with van der Waals surface area (Å²) in [5.41, 5.74) is 3.19. The van der Waals surface area contributed by atoms with Crippen molar-refractivity contribution in [3.05, 3.63) is 36.8 Å². The molecule has 0 aliphatic carbocycles. The highest BCUT2D eigenvalue weighted by atomic mass is 15.0. The molecule has 0 amide bonds. The van der Waals surface area contributed by atoms with Gasteiger partial charge in [0.15, 0.2) is 0 Å². The Labute approximate surface area is 81.0 Å². The van der Waals surface area contributed by atoms with E-state index in [1.807, 2.05) is 42.3 Å². The molecular weight excluding hydrogens is 174 g/mol. The van der Waals surface area contributed by atoms with Crippen LogP contribution in [0.15, 0.2) is 36.8 Å². The third-order valence-electron chi connectivity index (χ3n) is 2.46. The van der Waals surface area contributed by atoms with Gasteiger partial charge in [-0.1, -0.05) is 0 Å². The number of aryl methyl sites for hydroxylation is 1. The van der Waals surface area contributed by atoms with Crippen LogP contribution >= 0.6 is 0 Å². The zero-order chi connectivity index (χ0) is 9.54. The summed E-state index contributed by atoms with van der Waals surface area (Å²) < 4.78 is 2.03. The average Bonchev–Trinajstić information content (AvgIpc) is 2.61. The molecule has 3 rings (SSSR count). The van der Waals surface area contributed by atoms with Crippen molar-refractivity contribution in [2.75, 3.05) is 0 Å². The van der Waals surface area contributed by atoms with Gasteiger partial charge in [0.25, 0.3) is 0 Å². The smallest absolute Gasteiger partial charge is 0.0955 e. The number of fused-ring (bicyclic) bond motifs is 3. The largest absolute Gasteiger partial charge is 0.333 e. The van der Waals surface area contributed by atoms with Crippen molar-refractivity contribution in [1.82, 2.24) is 14.5 Å². The Morgan fingerprint density at radius 3 is 2.86 bits per heavy atom. The van der Waals surface area contributed by atoms with Gasteiger partial charge in [0.1, 0.15) is 0 Å². The monoisotopic (exact) mass is 183 g/mol. The predicted octanol–water partition coefficient (Wildman–Crippen LogP) is 2.12. The summed E-state index contributed by atoms with van der Waals surface area (Å²) >= 11 is 0. The van der Waals surface area contributed by atoms with Gasteiger partial charge in [0.05, 0.1) is 22.9 Å². The van der Waals surface area contributed by atoms with Crippen molar-refractivity contribution in [3.63, 3.8) is 0 Å². The van der Waals surface area contributed by atoms with Crippen LogP contribution in [0.3, 0.4) is 0 Å². The summed E-state index contributed by atoms with van der Waals surface area (Å²) in [6, 6.07) is 8.04. The molecule has 0 radical (unpaired) electrons. The number of rotatable bonds is 0. The van der Waals surface area contributed by atoms with Crippen molar-refractivity contribution in [2.45, 2.75) is 0 Å². The molecule has 0 spiro atoms. The summed E-state index contributed by atoms with van der Waals surface area (Å²) in [5.74, 6) is 0. The second-order valence-corrected chi connectivity index (χ2v) is 3.36. The molecule has 3 nitrogen and oxygen atoms in total. The van der Waals surface area contributed by atoms with Crippen LogP contribution in [-0.2, 0) is 7.05 Å². The normalized spacial score (nSPS) is 11.2. The summed E-state index contributed by atoms with van der Waals surface area (Å²) in [4.78, 5) is 8.61. The molecule has 0 bridgehead atoms. The zero-order valence-electron chi connectivity index (χ0n) is 7.81. The van der Waals surface area contributed by atoms with Gasteiger partial charge in [-0.2, -0.15) is 0 Å². The molecule has 1 aromatic carbocycles. The van der Waals surface area contributed by atoms with E-state index in [0.29, 0.717) is 0 Å². The van der Waals surface area contributed by atoms with Crippen LogP contribution in [0, 0.1) is 0 Å². The van der Waals surface area contributed by atoms with Gasteiger partial charge in [-0.25, -0.2) is 4.98 Å². The molecule has 14 heavy (non-hydrogen) atoms. The third kappa shape index (κ3) is 0.865. The van der Waals surface area contributed by atoms with Crippen molar-refractivity contribution in [2.24, 2.45) is 7.05 Å². The van der Waals surface area contributed by atoms with Crippen LogP contribution in [0.4, 0.5) is 0 Å². The minimum atomic E-state index is 1.02. The van der Waals surface area contributed by atoms with Gasteiger partial charge in [0.2, 0.25) is 0 Å². The lowest BCUT2D eigenvalue weighted by Crippen LogP contribution is -1.86. The first-order valence-corrected chi connectivity index (χ1v) is 4.51. The zero-order valence-corrected chi connectivity index (χ0v) is 7.81. The lowest BCUT2D eigenvalue weighted by atomic mass is 10.2. The molecule has 0 saturated heterocycles. The number of nitrogens with zero attached hydrogens (tertiary/aromatic N) is 3. The summed E-state index contributed by atoms with van der Waals surface area (Å²) in [5, 5.41) is 1.16. The van der Waals surface area contributed by atoms with Gasteiger partial charge in [0, 0.05) is 18.6 Å². The van der Waals surface area contributed by atoms with Gasteiger partial charge in [-0.05, 0) is 24.3 Å². The second-order valence-electron chi connectivity index (χ2n) is 3.36. The minimum Gasteiger partial charge on any atom is -0.333 e. The van der Waals surface area contributed by atoms with Gasteiger partial charge in [-0.15, -0.1) is 0 Å². The molecule has 0 unspecified atom stereocenters. The van der Waals surface area contributed by atoms with E-state index in [1.54, 1.807) is 0 Å². The lowest BCUT2D eigenvalue weighted by molar-refractivity contribution is 0.950. The number of pyridine rings is 1. The summed E-state index contributed by atoms with van der Waals surface area (Å²) in [7, 11) is 2.00. The van der Waals surface area contributed by atoms with E-state index in [4.69, 9.17) is 0 Å². The average molecular weight is 183 g/mol. The van der Waals surface area contributed by atoms with Crippen molar-refractivity contribution < 1.29 is 0 Å². The van der Waals surface area contributed by atoms with Crippen LogP contribution in [0.5, 0.6) is 0 Å². The Balaban J connectivity index is 2.65. The molecule has 0 fully saturated rings. The fraction of sp³-hybridized carbons (Fsp3) is 0.0909. The summed E-state index contributed by atoms with van der Waals surface area (Å²) in [6.45, 7) is 0. The quantitative estimate of drug-likeness (QED) is 0.534. The molecule has 0 atom stereocenters. The fourth-order valence-corrected chi connectivity index (χ4v) is 1.81. The van der Waals surface area contributed by atoms with Gasteiger partial charge >= 0.3 is 0 Å². The van der Waals surface area contributed by atoms with Crippen molar-refractivity contribution in [1.29, 1.82) is 0 Å². The van der Waals surface area contributed by atoms with Crippen LogP contribution in [0.1, 0.15) is 0 Å². The highest BCUT2D eigenvalue weighted by molar-refractivity contribution is 6.02. The third-order valence-corrected chi connectivity index (χ3v) is 2.46. The molecule has 68 valence electrons. The topological polar surface area (TPSA) is 30.7 Å². The number of hydrogen-bond acceptors (Lipinski definition) is 2.